The summed E-state index contributed by atoms with van der Waals surface area (Å²) in [4.78, 5) is 44.0. The Bertz CT molecular complexity index is 1200. The van der Waals surface area contributed by atoms with E-state index in [2.05, 4.69) is 10.3 Å². The number of aromatic nitrogens is 1. The van der Waals surface area contributed by atoms with Crippen LogP contribution in [0.15, 0.2) is 54.7 Å². The Balaban J connectivity index is 1.50. The third-order valence-corrected chi connectivity index (χ3v) is 6.57. The predicted octanol–water partition coefficient (Wildman–Crippen LogP) is 2.63. The van der Waals surface area contributed by atoms with E-state index in [1.165, 1.54) is 4.90 Å². The van der Waals surface area contributed by atoms with Gasteiger partial charge in [-0.2, -0.15) is 0 Å². The molecular weight excluding hydrogens is 404 g/mol. The summed E-state index contributed by atoms with van der Waals surface area (Å²) in [6, 6.07) is 14.8. The standard InChI is InChI=1S/C25H28N4O3/c1-25(22(30)17-9-4-6-10-18(17)26)20(21(25)24(32)29(2)3)23(31)27-13-12-15-14-28-19-11-7-5-8-16(15)19/h4-11,14,20-21,28H,12-13,26H2,1-3H3,(H,27,31)/t20-,21+,25+/m0/s1. The number of benzene rings is 2. The molecule has 1 aliphatic carbocycles. The maximum Gasteiger partial charge on any atom is 0.227 e. The number of fused-ring (bicyclic) bond motifs is 1. The van der Waals surface area contributed by atoms with Gasteiger partial charge in [0.2, 0.25) is 11.8 Å². The minimum atomic E-state index is -1.12. The Kier molecular flexibility index (Phi) is 5.50. The van der Waals surface area contributed by atoms with E-state index in [9.17, 15) is 14.4 Å². The second-order valence-corrected chi connectivity index (χ2v) is 8.79. The first-order valence-electron chi connectivity index (χ1n) is 10.7. The van der Waals surface area contributed by atoms with E-state index in [1.807, 2.05) is 30.5 Å². The largest absolute Gasteiger partial charge is 0.398 e. The van der Waals surface area contributed by atoms with Gasteiger partial charge in [0.1, 0.15) is 0 Å². The van der Waals surface area contributed by atoms with Crippen LogP contribution in [0.5, 0.6) is 0 Å². The first kappa shape index (κ1) is 21.6. The molecular formula is C25H28N4O3. The quantitative estimate of drug-likeness (QED) is 0.394. The summed E-state index contributed by atoms with van der Waals surface area (Å²) in [5, 5.41) is 4.06. The van der Waals surface area contributed by atoms with Gasteiger partial charge in [0.15, 0.2) is 5.78 Å². The second kappa shape index (κ2) is 8.15. The van der Waals surface area contributed by atoms with E-state index in [0.717, 1.165) is 16.5 Å². The average molecular weight is 433 g/mol. The topological polar surface area (TPSA) is 108 Å². The molecule has 0 bridgehead atoms. The molecule has 1 heterocycles. The molecule has 1 aromatic heterocycles. The van der Waals surface area contributed by atoms with Gasteiger partial charge in [-0.05, 0) is 30.2 Å². The fourth-order valence-corrected chi connectivity index (χ4v) is 4.66. The monoisotopic (exact) mass is 432 g/mol. The molecule has 3 aromatic rings. The third-order valence-electron chi connectivity index (χ3n) is 6.57. The number of H-pyrrole nitrogens is 1. The number of nitrogens with two attached hydrogens (primary N) is 1. The molecule has 3 atom stereocenters. The lowest BCUT2D eigenvalue weighted by Crippen LogP contribution is -2.31. The Morgan fingerprint density at radius 3 is 2.47 bits per heavy atom. The summed E-state index contributed by atoms with van der Waals surface area (Å²) in [6.45, 7) is 2.11. The maximum atomic E-state index is 13.4. The number of hydrogen-bond donors (Lipinski definition) is 3. The zero-order valence-corrected chi connectivity index (χ0v) is 18.5. The Morgan fingerprint density at radius 2 is 1.75 bits per heavy atom. The zero-order valence-electron chi connectivity index (χ0n) is 18.5. The number of para-hydroxylation sites is 2. The fourth-order valence-electron chi connectivity index (χ4n) is 4.66. The number of ketones is 1. The summed E-state index contributed by atoms with van der Waals surface area (Å²) in [5.41, 5.74) is 7.73. The van der Waals surface area contributed by atoms with Gasteiger partial charge in [0.25, 0.3) is 0 Å². The molecule has 166 valence electrons. The van der Waals surface area contributed by atoms with Crippen molar-refractivity contribution in [3.05, 3.63) is 65.9 Å². The lowest BCUT2D eigenvalue weighted by molar-refractivity contribution is -0.132. The van der Waals surface area contributed by atoms with Crippen LogP contribution in [-0.2, 0) is 16.0 Å². The Labute approximate surface area is 187 Å². The number of amides is 2. The number of hydrogen-bond acceptors (Lipinski definition) is 4. The molecule has 0 aliphatic heterocycles. The Hall–Kier alpha value is -3.61. The van der Waals surface area contributed by atoms with Crippen molar-refractivity contribution in [2.24, 2.45) is 17.3 Å². The second-order valence-electron chi connectivity index (χ2n) is 8.79. The van der Waals surface area contributed by atoms with E-state index in [0.29, 0.717) is 24.2 Å². The molecule has 1 fully saturated rings. The highest BCUT2D eigenvalue weighted by Gasteiger charge is 2.72. The molecule has 0 spiro atoms. The summed E-state index contributed by atoms with van der Waals surface area (Å²) >= 11 is 0. The minimum Gasteiger partial charge on any atom is -0.398 e. The normalized spacial score (nSPS) is 21.8. The van der Waals surface area contributed by atoms with E-state index in [1.54, 1.807) is 45.3 Å². The van der Waals surface area contributed by atoms with Crippen molar-refractivity contribution in [1.29, 1.82) is 0 Å². The van der Waals surface area contributed by atoms with E-state index in [-0.39, 0.29) is 17.6 Å². The van der Waals surface area contributed by atoms with Crippen LogP contribution in [0.4, 0.5) is 5.69 Å². The SMILES string of the molecule is CN(C)C(=O)[C@H]1[C@@H](C(=O)NCCc2c[nH]c3ccccc23)[C@@]1(C)C(=O)c1ccccc1N. The molecule has 7 heteroatoms. The van der Waals surface area contributed by atoms with Gasteiger partial charge in [-0.3, -0.25) is 14.4 Å². The van der Waals surface area contributed by atoms with E-state index < -0.39 is 17.3 Å². The summed E-state index contributed by atoms with van der Waals surface area (Å²) in [5.74, 6) is -2.22. The smallest absolute Gasteiger partial charge is 0.227 e. The summed E-state index contributed by atoms with van der Waals surface area (Å²) < 4.78 is 0. The van der Waals surface area contributed by atoms with Crippen LogP contribution >= 0.6 is 0 Å². The molecule has 2 amide bonds. The van der Waals surface area contributed by atoms with Crippen molar-refractivity contribution in [3.8, 4) is 0 Å². The van der Waals surface area contributed by atoms with Gasteiger partial charge in [0.05, 0.1) is 17.3 Å². The number of carbonyl (C=O) groups excluding carboxylic acids is 3. The molecule has 4 rings (SSSR count). The molecule has 0 radical (unpaired) electrons. The molecule has 0 saturated heterocycles. The summed E-state index contributed by atoms with van der Waals surface area (Å²) in [7, 11) is 3.27. The number of rotatable bonds is 7. The van der Waals surface area contributed by atoms with Gasteiger partial charge < -0.3 is 20.9 Å². The number of aromatic amines is 1. The predicted molar refractivity (Wildman–Crippen MR) is 124 cm³/mol. The van der Waals surface area contributed by atoms with Gasteiger partial charge in [-0.1, -0.05) is 37.3 Å². The first-order chi connectivity index (χ1) is 15.3. The van der Waals surface area contributed by atoms with Crippen LogP contribution in [-0.4, -0.2) is 48.1 Å². The average Bonchev–Trinajstić information content (AvgIpc) is 3.22. The van der Waals surface area contributed by atoms with Crippen molar-refractivity contribution < 1.29 is 14.4 Å². The van der Waals surface area contributed by atoms with E-state index in [4.69, 9.17) is 5.73 Å². The van der Waals surface area contributed by atoms with Crippen LogP contribution in [0.3, 0.4) is 0 Å². The number of Topliss-reactive ketones (excluding diaryl/α,β-unsaturated/α-hetero) is 1. The van der Waals surface area contributed by atoms with Crippen LogP contribution in [0.2, 0.25) is 0 Å². The minimum absolute atomic E-state index is 0.230. The number of nitrogens with one attached hydrogen (secondary N) is 2. The molecule has 1 saturated carbocycles. The van der Waals surface area contributed by atoms with Crippen molar-refractivity contribution in [1.82, 2.24) is 15.2 Å². The third kappa shape index (κ3) is 3.53. The fraction of sp³-hybridized carbons (Fsp3) is 0.320. The highest BCUT2D eigenvalue weighted by Crippen LogP contribution is 2.61. The number of anilines is 1. The molecule has 32 heavy (non-hydrogen) atoms. The van der Waals surface area contributed by atoms with Crippen LogP contribution in [0, 0.1) is 17.3 Å². The number of carbonyl (C=O) groups is 3. The number of nitrogens with zero attached hydrogens (tertiary/aromatic N) is 1. The van der Waals surface area contributed by atoms with E-state index >= 15 is 0 Å². The lowest BCUT2D eigenvalue weighted by atomic mass is 9.91. The first-order valence-corrected chi connectivity index (χ1v) is 10.7. The van der Waals surface area contributed by atoms with Crippen molar-refractivity contribution >= 4 is 34.2 Å². The lowest BCUT2D eigenvalue weighted by Gasteiger charge is -2.14. The van der Waals surface area contributed by atoms with Gasteiger partial charge in [-0.25, -0.2) is 0 Å². The highest BCUT2D eigenvalue weighted by molar-refractivity contribution is 6.13. The van der Waals surface area contributed by atoms with Gasteiger partial charge >= 0.3 is 0 Å². The van der Waals surface area contributed by atoms with Gasteiger partial charge in [0, 0.05) is 49.0 Å². The van der Waals surface area contributed by atoms with Crippen LogP contribution in [0.25, 0.3) is 10.9 Å². The molecule has 7 nitrogen and oxygen atoms in total. The molecule has 4 N–H and O–H groups in total. The molecule has 0 unspecified atom stereocenters. The summed E-state index contributed by atoms with van der Waals surface area (Å²) in [6.07, 6.45) is 2.59. The van der Waals surface area contributed by atoms with Crippen molar-refractivity contribution in [2.45, 2.75) is 13.3 Å². The zero-order chi connectivity index (χ0) is 23.0. The van der Waals surface area contributed by atoms with Crippen molar-refractivity contribution in [2.75, 3.05) is 26.4 Å². The van der Waals surface area contributed by atoms with Crippen LogP contribution in [0.1, 0.15) is 22.8 Å². The molecule has 2 aromatic carbocycles. The van der Waals surface area contributed by atoms with Gasteiger partial charge in [-0.15, -0.1) is 0 Å². The molecule has 1 aliphatic rings. The number of nitrogen functional groups attached to an aromatic ring is 1. The highest BCUT2D eigenvalue weighted by atomic mass is 16.2. The van der Waals surface area contributed by atoms with Crippen molar-refractivity contribution in [3.63, 3.8) is 0 Å². The van der Waals surface area contributed by atoms with Crippen LogP contribution < -0.4 is 11.1 Å². The maximum absolute atomic E-state index is 13.4. The Morgan fingerprint density at radius 1 is 1.06 bits per heavy atom.